The minimum atomic E-state index is 0.741. The van der Waals surface area contributed by atoms with Gasteiger partial charge in [0.2, 0.25) is 0 Å². The van der Waals surface area contributed by atoms with Gasteiger partial charge in [0.25, 0.3) is 0 Å². The lowest BCUT2D eigenvalue weighted by molar-refractivity contribution is 0.300. The Hall–Kier alpha value is -3.39. The van der Waals surface area contributed by atoms with E-state index < -0.39 is 0 Å². The molecule has 0 aromatic heterocycles. The van der Waals surface area contributed by atoms with Gasteiger partial charge in [-0.3, -0.25) is 4.99 Å². The van der Waals surface area contributed by atoms with Crippen LogP contribution in [-0.2, 0) is 4.74 Å². The van der Waals surface area contributed by atoms with Gasteiger partial charge in [-0.15, -0.1) is 0 Å². The van der Waals surface area contributed by atoms with E-state index in [1.54, 1.807) is 7.11 Å². The number of aliphatic imine (C=N–C) groups is 1. The molecule has 0 amide bonds. The van der Waals surface area contributed by atoms with E-state index in [1.807, 2.05) is 6.08 Å². The monoisotopic (exact) mass is 395 g/mol. The van der Waals surface area contributed by atoms with E-state index in [1.165, 1.54) is 39.0 Å². The largest absolute Gasteiger partial charge is 0.495 e. The van der Waals surface area contributed by atoms with Crippen LogP contribution in [0.15, 0.2) is 95.3 Å². The van der Waals surface area contributed by atoms with Gasteiger partial charge >= 0.3 is 0 Å². The molecular formula is C28H29NO. The molecular weight excluding hydrogens is 366 g/mol. The first kappa shape index (κ1) is 21.3. The molecule has 2 heteroatoms. The van der Waals surface area contributed by atoms with Crippen LogP contribution in [0.1, 0.15) is 28.7 Å². The number of allylic oxidation sites excluding steroid dienone is 4. The maximum Gasteiger partial charge on any atom is 0.144 e. The Morgan fingerprint density at radius 2 is 1.57 bits per heavy atom. The van der Waals surface area contributed by atoms with E-state index >= 15 is 0 Å². The average molecular weight is 396 g/mol. The van der Waals surface area contributed by atoms with Gasteiger partial charge in [-0.25, -0.2) is 0 Å². The Kier molecular flexibility index (Phi) is 7.03. The van der Waals surface area contributed by atoms with Gasteiger partial charge in [-0.2, -0.15) is 0 Å². The number of methoxy groups -OCH3 is 1. The Morgan fingerprint density at radius 3 is 2.30 bits per heavy atom. The molecule has 0 saturated carbocycles. The fourth-order valence-electron chi connectivity index (χ4n) is 3.61. The normalized spacial score (nSPS) is 13.3. The minimum Gasteiger partial charge on any atom is -0.495 e. The Labute approximate surface area is 180 Å². The Bertz CT molecular complexity index is 1100. The van der Waals surface area contributed by atoms with Crippen LogP contribution < -0.4 is 0 Å². The SMILES string of the molecule is C=NC1=CCC(c2ccc(-c3cccc(C)ccccc3C)c(C)c2)=CC=C1OC. The third-order valence-corrected chi connectivity index (χ3v) is 5.34. The van der Waals surface area contributed by atoms with Crippen LogP contribution in [0.2, 0.25) is 0 Å². The lowest BCUT2D eigenvalue weighted by Crippen LogP contribution is -1.90. The molecule has 0 heterocycles. The van der Waals surface area contributed by atoms with Gasteiger partial charge in [-0.1, -0.05) is 78.4 Å². The summed E-state index contributed by atoms with van der Waals surface area (Å²) in [6, 6.07) is 21.6. The van der Waals surface area contributed by atoms with Crippen molar-refractivity contribution in [1.82, 2.24) is 0 Å². The summed E-state index contributed by atoms with van der Waals surface area (Å²) in [6.07, 6.45) is 6.93. The zero-order valence-corrected chi connectivity index (χ0v) is 18.3. The molecule has 2 aromatic rings. The van der Waals surface area contributed by atoms with Crippen LogP contribution in [-0.4, -0.2) is 13.8 Å². The van der Waals surface area contributed by atoms with Gasteiger partial charge < -0.3 is 4.74 Å². The van der Waals surface area contributed by atoms with Crippen molar-refractivity contribution in [2.75, 3.05) is 7.11 Å². The van der Waals surface area contributed by atoms with Crippen molar-refractivity contribution in [2.24, 2.45) is 4.99 Å². The second kappa shape index (κ2) is 9.89. The highest BCUT2D eigenvalue weighted by Crippen LogP contribution is 2.31. The molecule has 2 aromatic carbocycles. The molecule has 0 atom stereocenters. The molecule has 0 N–H and O–H groups in total. The highest BCUT2D eigenvalue weighted by Gasteiger charge is 2.11. The topological polar surface area (TPSA) is 21.6 Å². The molecule has 0 spiro atoms. The van der Waals surface area contributed by atoms with Crippen molar-refractivity contribution in [3.63, 3.8) is 0 Å². The molecule has 2 nitrogen and oxygen atoms in total. The summed E-state index contributed by atoms with van der Waals surface area (Å²) in [4.78, 5) is 4.08. The zero-order valence-electron chi connectivity index (χ0n) is 18.3. The quantitative estimate of drug-likeness (QED) is 0.498. The molecule has 0 fully saturated rings. The van der Waals surface area contributed by atoms with Gasteiger partial charge in [0, 0.05) is 0 Å². The van der Waals surface area contributed by atoms with E-state index in [9.17, 15) is 0 Å². The lowest BCUT2D eigenvalue weighted by atomic mass is 9.93. The van der Waals surface area contributed by atoms with E-state index in [2.05, 4.69) is 105 Å². The minimum absolute atomic E-state index is 0.741. The number of benzene rings is 1. The van der Waals surface area contributed by atoms with E-state index in [-0.39, 0.29) is 0 Å². The molecule has 0 unspecified atom stereocenters. The summed E-state index contributed by atoms with van der Waals surface area (Å²) in [6.45, 7) is 10.1. The second-order valence-corrected chi connectivity index (χ2v) is 7.49. The van der Waals surface area contributed by atoms with Crippen molar-refractivity contribution in [1.29, 1.82) is 0 Å². The van der Waals surface area contributed by atoms with Crippen LogP contribution in [0.5, 0.6) is 0 Å². The Morgan fingerprint density at radius 1 is 0.833 bits per heavy atom. The molecule has 1 aliphatic carbocycles. The zero-order chi connectivity index (χ0) is 21.5. The number of rotatable bonds is 4. The van der Waals surface area contributed by atoms with Crippen LogP contribution in [0.25, 0.3) is 16.7 Å². The third kappa shape index (κ3) is 4.96. The summed E-state index contributed by atoms with van der Waals surface area (Å²) < 4.78 is 5.43. The van der Waals surface area contributed by atoms with E-state index in [0.717, 1.165) is 17.9 Å². The van der Waals surface area contributed by atoms with Crippen LogP contribution >= 0.6 is 0 Å². The van der Waals surface area contributed by atoms with Gasteiger partial charge in [-0.05, 0) is 73.4 Å². The van der Waals surface area contributed by atoms with Crippen molar-refractivity contribution in [2.45, 2.75) is 27.2 Å². The average Bonchev–Trinajstić information content (AvgIpc) is 2.96. The first-order valence-corrected chi connectivity index (χ1v) is 10.2. The van der Waals surface area contributed by atoms with Crippen molar-refractivity contribution in [3.05, 3.63) is 113 Å². The van der Waals surface area contributed by atoms with Gasteiger partial charge in [0.15, 0.2) is 0 Å². The maximum atomic E-state index is 5.43. The maximum absolute atomic E-state index is 5.43. The van der Waals surface area contributed by atoms with Crippen LogP contribution in [0, 0.1) is 20.8 Å². The number of hydrogen-bond donors (Lipinski definition) is 0. The fraction of sp³-hybridized carbons (Fsp3) is 0.179. The molecule has 30 heavy (non-hydrogen) atoms. The van der Waals surface area contributed by atoms with E-state index in [4.69, 9.17) is 4.74 Å². The summed E-state index contributed by atoms with van der Waals surface area (Å²) in [5, 5.41) is 0. The summed E-state index contributed by atoms with van der Waals surface area (Å²) in [5.41, 5.74) is 9.43. The predicted octanol–water partition coefficient (Wildman–Crippen LogP) is 7.31. The van der Waals surface area contributed by atoms with Gasteiger partial charge in [0.1, 0.15) is 11.5 Å². The molecule has 0 bridgehead atoms. The Balaban J connectivity index is 2.04. The highest BCUT2D eigenvalue weighted by atomic mass is 16.5. The molecule has 0 saturated heterocycles. The fourth-order valence-corrected chi connectivity index (χ4v) is 3.61. The molecule has 0 radical (unpaired) electrons. The van der Waals surface area contributed by atoms with E-state index in [0.29, 0.717) is 0 Å². The van der Waals surface area contributed by atoms with Crippen LogP contribution in [0.3, 0.4) is 0 Å². The number of hydrogen-bond acceptors (Lipinski definition) is 2. The number of nitrogens with zero attached hydrogens (tertiary/aromatic N) is 1. The smallest absolute Gasteiger partial charge is 0.144 e. The lowest BCUT2D eigenvalue weighted by Gasteiger charge is -2.12. The predicted molar refractivity (Wildman–Crippen MR) is 129 cm³/mol. The second-order valence-electron chi connectivity index (χ2n) is 7.49. The summed E-state index contributed by atoms with van der Waals surface area (Å²) in [7, 11) is 1.66. The highest BCUT2D eigenvalue weighted by molar-refractivity contribution is 5.76. The number of ether oxygens (including phenoxy) is 1. The molecule has 1 aliphatic rings. The number of aryl methyl sites for hydroxylation is 3. The van der Waals surface area contributed by atoms with Crippen LogP contribution in [0.4, 0.5) is 0 Å². The molecule has 0 aliphatic heterocycles. The summed E-state index contributed by atoms with van der Waals surface area (Å²) >= 11 is 0. The standard InChI is InChI=1S/C28H29NO/c1-20-9-6-7-11-21(2)25(12-8-10-20)26-16-13-24(19-22(26)3)23-14-17-27(29-4)28(30-5)18-15-23/h6-13,15-19H,4,14H2,1-3,5H3. The molecule has 3 rings (SSSR count). The van der Waals surface area contributed by atoms with Crippen molar-refractivity contribution < 1.29 is 4.74 Å². The van der Waals surface area contributed by atoms with Crippen molar-refractivity contribution in [3.8, 4) is 11.1 Å². The molecule has 152 valence electrons. The van der Waals surface area contributed by atoms with Gasteiger partial charge in [0.05, 0.1) is 7.11 Å². The first-order valence-electron chi connectivity index (χ1n) is 10.2. The third-order valence-electron chi connectivity index (χ3n) is 5.34. The summed E-state index contributed by atoms with van der Waals surface area (Å²) in [5.74, 6) is 0.741. The van der Waals surface area contributed by atoms with Crippen molar-refractivity contribution >= 4 is 12.3 Å². The first-order chi connectivity index (χ1) is 14.5.